The first-order valence-corrected chi connectivity index (χ1v) is 8.33. The van der Waals surface area contributed by atoms with Gasteiger partial charge in [0.1, 0.15) is 6.54 Å². The standard InChI is InChI=1S/C19H22NO3/c1-12-14-11-15(22-2)18(21)17(19-20(14)9-6-10-23-19)16(12)13-7-4-3-5-8-13/h3-5,7-8,11-12,14,16-17H,6,9-10H2,1-2H3/q+1/t12-,14-,16-,17-/m0/s1. The lowest BCUT2D eigenvalue weighted by Gasteiger charge is -2.37. The van der Waals surface area contributed by atoms with E-state index in [1.807, 2.05) is 24.3 Å². The summed E-state index contributed by atoms with van der Waals surface area (Å²) in [5.41, 5.74) is 1.20. The number of hydrogen-bond acceptors (Lipinski definition) is 3. The van der Waals surface area contributed by atoms with Gasteiger partial charge in [0.15, 0.2) is 17.7 Å². The van der Waals surface area contributed by atoms with Gasteiger partial charge in [0.2, 0.25) is 5.78 Å². The molecule has 120 valence electrons. The zero-order valence-corrected chi connectivity index (χ0v) is 13.6. The second kappa shape index (κ2) is 5.52. The van der Waals surface area contributed by atoms with E-state index in [4.69, 9.17) is 9.47 Å². The van der Waals surface area contributed by atoms with Gasteiger partial charge in [-0.25, -0.2) is 0 Å². The van der Waals surface area contributed by atoms with Crippen LogP contribution in [0.2, 0.25) is 0 Å². The van der Waals surface area contributed by atoms with Crippen LogP contribution in [0.15, 0.2) is 42.2 Å². The van der Waals surface area contributed by atoms with Gasteiger partial charge in [0.05, 0.1) is 13.7 Å². The van der Waals surface area contributed by atoms with Crippen molar-refractivity contribution in [3.05, 3.63) is 47.7 Å². The van der Waals surface area contributed by atoms with E-state index < -0.39 is 0 Å². The molecule has 23 heavy (non-hydrogen) atoms. The van der Waals surface area contributed by atoms with Crippen molar-refractivity contribution in [2.24, 2.45) is 11.8 Å². The molecule has 3 heterocycles. The fraction of sp³-hybridized carbons (Fsp3) is 0.474. The number of ketones is 1. The number of hydrogen-bond donors (Lipinski definition) is 0. The van der Waals surface area contributed by atoms with Crippen molar-refractivity contribution in [3.8, 4) is 0 Å². The van der Waals surface area contributed by atoms with Crippen LogP contribution in [0.1, 0.15) is 24.8 Å². The second-order valence-corrected chi connectivity index (χ2v) is 6.60. The predicted octanol–water partition coefficient (Wildman–Crippen LogP) is 2.35. The fourth-order valence-corrected chi connectivity index (χ4v) is 4.37. The number of rotatable bonds is 2. The first kappa shape index (κ1) is 14.5. The van der Waals surface area contributed by atoms with Crippen LogP contribution in [0.4, 0.5) is 0 Å². The molecule has 4 aliphatic rings. The lowest BCUT2D eigenvalue weighted by atomic mass is 9.72. The van der Waals surface area contributed by atoms with E-state index in [9.17, 15) is 4.79 Å². The smallest absolute Gasteiger partial charge is 0.348 e. The zero-order valence-electron chi connectivity index (χ0n) is 13.6. The van der Waals surface area contributed by atoms with Crippen LogP contribution in [0.3, 0.4) is 0 Å². The van der Waals surface area contributed by atoms with Crippen molar-refractivity contribution < 1.29 is 18.8 Å². The van der Waals surface area contributed by atoms with E-state index in [2.05, 4.69) is 23.6 Å². The van der Waals surface area contributed by atoms with Crippen LogP contribution in [0, 0.1) is 11.8 Å². The molecule has 1 aromatic rings. The second-order valence-electron chi connectivity index (χ2n) is 6.60. The SMILES string of the molecule is COC1=C[C@H]2[C@H](C)[C@@H](c3ccccc3)[C@@H](C1=O)C1=[N+]2CCCO1. The van der Waals surface area contributed by atoms with Crippen molar-refractivity contribution in [3.63, 3.8) is 0 Å². The minimum absolute atomic E-state index is 0.0510. The van der Waals surface area contributed by atoms with Crippen LogP contribution in [-0.2, 0) is 14.3 Å². The Hall–Kier alpha value is -2.10. The highest BCUT2D eigenvalue weighted by Gasteiger charge is 2.56. The number of nitrogens with zero attached hydrogens (tertiary/aromatic N) is 1. The summed E-state index contributed by atoms with van der Waals surface area (Å²) in [4.78, 5) is 13.1. The number of allylic oxidation sites excluding steroid dienone is 1. The first-order valence-electron chi connectivity index (χ1n) is 8.33. The summed E-state index contributed by atoms with van der Waals surface area (Å²) in [5, 5.41) is 0. The van der Waals surface area contributed by atoms with Gasteiger partial charge in [0, 0.05) is 24.3 Å². The molecule has 0 spiro atoms. The zero-order chi connectivity index (χ0) is 16.0. The van der Waals surface area contributed by atoms with Crippen molar-refractivity contribution in [1.82, 2.24) is 0 Å². The average molecular weight is 312 g/mol. The summed E-state index contributed by atoms with van der Waals surface area (Å²) in [6, 6.07) is 10.5. The summed E-state index contributed by atoms with van der Waals surface area (Å²) < 4.78 is 13.7. The number of fused-ring (bicyclic) bond motifs is 2. The van der Waals surface area contributed by atoms with Gasteiger partial charge in [-0.05, 0) is 5.56 Å². The van der Waals surface area contributed by atoms with Gasteiger partial charge < -0.3 is 9.47 Å². The van der Waals surface area contributed by atoms with Crippen LogP contribution in [0.5, 0.6) is 0 Å². The van der Waals surface area contributed by atoms with Crippen LogP contribution < -0.4 is 0 Å². The molecule has 0 saturated heterocycles. The number of benzene rings is 1. The monoisotopic (exact) mass is 312 g/mol. The molecule has 0 aromatic heterocycles. The molecule has 4 atom stereocenters. The van der Waals surface area contributed by atoms with Gasteiger partial charge in [-0.15, -0.1) is 0 Å². The minimum atomic E-state index is -0.280. The van der Waals surface area contributed by atoms with Crippen LogP contribution >= 0.6 is 0 Å². The molecule has 4 heteroatoms. The molecule has 0 N–H and O–H groups in total. The summed E-state index contributed by atoms with van der Waals surface area (Å²) in [6.45, 7) is 3.88. The number of carbonyl (C=O) groups excluding carboxylic acids is 1. The Balaban J connectivity index is 1.89. The highest BCUT2D eigenvalue weighted by atomic mass is 16.5. The van der Waals surface area contributed by atoms with Gasteiger partial charge in [-0.1, -0.05) is 37.3 Å². The molecule has 5 rings (SSSR count). The lowest BCUT2D eigenvalue weighted by Crippen LogP contribution is -2.52. The Kier molecular flexibility index (Phi) is 3.47. The third-order valence-corrected chi connectivity index (χ3v) is 5.42. The van der Waals surface area contributed by atoms with E-state index in [-0.39, 0.29) is 23.7 Å². The average Bonchev–Trinajstić information content (AvgIpc) is 2.78. The van der Waals surface area contributed by atoms with Crippen molar-refractivity contribution in [2.45, 2.75) is 25.3 Å². The van der Waals surface area contributed by atoms with Crippen LogP contribution in [0.25, 0.3) is 0 Å². The van der Waals surface area contributed by atoms with E-state index in [0.717, 1.165) is 18.9 Å². The Morgan fingerprint density at radius 3 is 2.78 bits per heavy atom. The Bertz CT molecular complexity index is 692. The minimum Gasteiger partial charge on any atom is -0.493 e. The maximum atomic E-state index is 13.1. The normalized spacial score (nSPS) is 32.8. The Morgan fingerprint density at radius 2 is 2.04 bits per heavy atom. The van der Waals surface area contributed by atoms with E-state index in [1.165, 1.54) is 5.56 Å². The Labute approximate surface area is 136 Å². The molecule has 2 bridgehead atoms. The van der Waals surface area contributed by atoms with Gasteiger partial charge >= 0.3 is 5.90 Å². The number of methoxy groups -OCH3 is 1. The molecule has 4 nitrogen and oxygen atoms in total. The van der Waals surface area contributed by atoms with E-state index in [0.29, 0.717) is 18.3 Å². The molecular weight excluding hydrogens is 290 g/mol. The van der Waals surface area contributed by atoms with Gasteiger partial charge in [-0.2, -0.15) is 4.58 Å². The predicted molar refractivity (Wildman–Crippen MR) is 86.4 cm³/mol. The molecule has 1 aromatic carbocycles. The molecule has 0 amide bonds. The summed E-state index contributed by atoms with van der Waals surface area (Å²) in [5.74, 6) is 1.55. The molecule has 1 aliphatic carbocycles. The van der Waals surface area contributed by atoms with Gasteiger partial charge in [0.25, 0.3) is 0 Å². The van der Waals surface area contributed by atoms with E-state index in [1.54, 1.807) is 7.11 Å². The van der Waals surface area contributed by atoms with Crippen molar-refractivity contribution >= 4 is 11.7 Å². The molecule has 0 fully saturated rings. The highest BCUT2D eigenvalue weighted by Crippen LogP contribution is 2.44. The molecular formula is C19H22NO3+. The summed E-state index contributed by atoms with van der Waals surface area (Å²) in [7, 11) is 1.58. The van der Waals surface area contributed by atoms with Crippen molar-refractivity contribution in [1.29, 1.82) is 0 Å². The van der Waals surface area contributed by atoms with Crippen LogP contribution in [-0.4, -0.2) is 42.6 Å². The number of carbonyl (C=O) groups is 1. The van der Waals surface area contributed by atoms with E-state index >= 15 is 0 Å². The van der Waals surface area contributed by atoms with Gasteiger partial charge in [-0.3, -0.25) is 4.79 Å². The summed E-state index contributed by atoms with van der Waals surface area (Å²) >= 11 is 0. The highest BCUT2D eigenvalue weighted by molar-refractivity contribution is 6.09. The molecule has 3 aliphatic heterocycles. The summed E-state index contributed by atoms with van der Waals surface area (Å²) in [6.07, 6.45) is 3.00. The maximum absolute atomic E-state index is 13.1. The largest absolute Gasteiger partial charge is 0.493 e. The topological polar surface area (TPSA) is 38.5 Å². The lowest BCUT2D eigenvalue weighted by molar-refractivity contribution is -0.585. The third-order valence-electron chi connectivity index (χ3n) is 5.42. The molecule has 0 radical (unpaired) electrons. The number of Topliss-reactive ketones (excluding diaryl/α,β-unsaturated/α-hetero) is 1. The van der Waals surface area contributed by atoms with Crippen molar-refractivity contribution in [2.75, 3.05) is 20.3 Å². The molecule has 0 unspecified atom stereocenters. The Morgan fingerprint density at radius 1 is 1.26 bits per heavy atom. The maximum Gasteiger partial charge on any atom is 0.348 e. The quantitative estimate of drug-likeness (QED) is 0.787. The third kappa shape index (κ3) is 2.12. The first-order chi connectivity index (χ1) is 11.2. The fourth-order valence-electron chi connectivity index (χ4n) is 4.37. The molecule has 0 saturated carbocycles. The number of ether oxygens (including phenoxy) is 2.